The lowest BCUT2D eigenvalue weighted by Gasteiger charge is -2.01. The highest BCUT2D eigenvalue weighted by molar-refractivity contribution is 9.10. The van der Waals surface area contributed by atoms with E-state index in [1.807, 2.05) is 0 Å². The van der Waals surface area contributed by atoms with Crippen LogP contribution < -0.4 is 20.2 Å². The van der Waals surface area contributed by atoms with Crippen LogP contribution in [0.2, 0.25) is 0 Å². The van der Waals surface area contributed by atoms with Gasteiger partial charge < -0.3 is 14.8 Å². The molecule has 2 amide bonds. The van der Waals surface area contributed by atoms with Gasteiger partial charge in [0.1, 0.15) is 5.01 Å². The number of carbonyl (C=O) groups excluding carboxylic acids is 2. The lowest BCUT2D eigenvalue weighted by atomic mass is 10.2. The summed E-state index contributed by atoms with van der Waals surface area (Å²) < 4.78 is 11.3. The second-order valence-corrected chi connectivity index (χ2v) is 7.02. The molecule has 11 heteroatoms. The normalized spacial score (nSPS) is 12.4. The first-order chi connectivity index (χ1) is 12.5. The molecule has 1 aromatic carbocycles. The Balaban J connectivity index is 1.54. The molecular weight excluding hydrogens is 426 g/mol. The summed E-state index contributed by atoms with van der Waals surface area (Å²) in [5.74, 6) is 0.774. The predicted molar refractivity (Wildman–Crippen MR) is 98.5 cm³/mol. The van der Waals surface area contributed by atoms with Gasteiger partial charge in [0, 0.05) is 16.5 Å². The van der Waals surface area contributed by atoms with Gasteiger partial charge in [-0.3, -0.25) is 9.59 Å². The summed E-state index contributed by atoms with van der Waals surface area (Å²) >= 11 is 4.55. The summed E-state index contributed by atoms with van der Waals surface area (Å²) in [6, 6.07) is 3.54. The Morgan fingerprint density at radius 2 is 2.08 bits per heavy atom. The maximum Gasteiger partial charge on any atom is 0.247 e. The molecule has 1 aromatic heterocycles. The molecule has 26 heavy (non-hydrogen) atoms. The maximum atomic E-state index is 11.9. The van der Waals surface area contributed by atoms with Crippen LogP contribution in [-0.2, 0) is 16.0 Å². The molecule has 1 aliphatic heterocycles. The van der Waals surface area contributed by atoms with Crippen molar-refractivity contribution in [2.24, 2.45) is 5.10 Å². The third-order valence-corrected chi connectivity index (χ3v) is 4.76. The molecule has 3 rings (SSSR count). The number of carbonyl (C=O) groups is 2. The van der Waals surface area contributed by atoms with Gasteiger partial charge in [0.15, 0.2) is 11.5 Å². The van der Waals surface area contributed by atoms with Crippen LogP contribution in [-0.4, -0.2) is 35.0 Å². The summed E-state index contributed by atoms with van der Waals surface area (Å²) in [5, 5.41) is 15.1. The lowest BCUT2D eigenvalue weighted by Crippen LogP contribution is -2.19. The number of aromatic nitrogens is 2. The molecule has 2 aromatic rings. The standard InChI is InChI=1S/C15H14BrN5O4S/c1-2-12(22)18-15-21-20-14(26-15)5-13(23)19-17-6-8-3-10-11(4-9(8)16)25-7-24-10/h3-4,6H,2,5,7H2,1H3,(H,19,23)(H,18,21,22). The molecule has 2 N–H and O–H groups in total. The van der Waals surface area contributed by atoms with Gasteiger partial charge in [-0.15, -0.1) is 10.2 Å². The topological polar surface area (TPSA) is 115 Å². The van der Waals surface area contributed by atoms with Crippen LogP contribution in [0.3, 0.4) is 0 Å². The second-order valence-electron chi connectivity index (χ2n) is 5.10. The van der Waals surface area contributed by atoms with Crippen molar-refractivity contribution >= 4 is 50.4 Å². The number of hydrazone groups is 1. The highest BCUT2D eigenvalue weighted by atomic mass is 79.9. The van der Waals surface area contributed by atoms with Gasteiger partial charge in [0.2, 0.25) is 23.7 Å². The van der Waals surface area contributed by atoms with E-state index in [4.69, 9.17) is 9.47 Å². The zero-order chi connectivity index (χ0) is 18.5. The number of nitrogens with one attached hydrogen (secondary N) is 2. The van der Waals surface area contributed by atoms with E-state index in [1.54, 1.807) is 19.1 Å². The van der Waals surface area contributed by atoms with Crippen molar-refractivity contribution in [3.63, 3.8) is 0 Å². The molecule has 9 nitrogen and oxygen atoms in total. The number of benzene rings is 1. The van der Waals surface area contributed by atoms with Crippen LogP contribution in [0.25, 0.3) is 0 Å². The van der Waals surface area contributed by atoms with E-state index in [1.165, 1.54) is 6.21 Å². The van der Waals surface area contributed by atoms with E-state index in [-0.39, 0.29) is 25.0 Å². The van der Waals surface area contributed by atoms with Crippen LogP contribution in [0.5, 0.6) is 11.5 Å². The number of hydrogen-bond donors (Lipinski definition) is 2. The minimum absolute atomic E-state index is 0.0132. The zero-order valence-electron chi connectivity index (χ0n) is 13.6. The molecule has 0 aliphatic carbocycles. The summed E-state index contributed by atoms with van der Waals surface area (Å²) in [6.07, 6.45) is 1.86. The smallest absolute Gasteiger partial charge is 0.247 e. The van der Waals surface area contributed by atoms with Crippen molar-refractivity contribution < 1.29 is 19.1 Å². The minimum atomic E-state index is -0.345. The first-order valence-electron chi connectivity index (χ1n) is 7.58. The molecule has 0 saturated carbocycles. The molecule has 0 spiro atoms. The average molecular weight is 440 g/mol. The Morgan fingerprint density at radius 3 is 2.85 bits per heavy atom. The summed E-state index contributed by atoms with van der Waals surface area (Å²) in [6.45, 7) is 1.92. The van der Waals surface area contributed by atoms with Gasteiger partial charge in [-0.25, -0.2) is 5.43 Å². The number of ether oxygens (including phenoxy) is 2. The molecule has 2 heterocycles. The van der Waals surface area contributed by atoms with Crippen molar-refractivity contribution in [3.8, 4) is 11.5 Å². The third kappa shape index (κ3) is 4.55. The zero-order valence-corrected chi connectivity index (χ0v) is 16.0. The molecule has 0 atom stereocenters. The van der Waals surface area contributed by atoms with Gasteiger partial charge in [0.25, 0.3) is 0 Å². The number of rotatable bonds is 6. The number of hydrogen-bond acceptors (Lipinski definition) is 8. The van der Waals surface area contributed by atoms with Gasteiger partial charge in [-0.2, -0.15) is 5.10 Å². The van der Waals surface area contributed by atoms with Gasteiger partial charge >= 0.3 is 0 Å². The fourth-order valence-electron chi connectivity index (χ4n) is 1.97. The molecule has 0 unspecified atom stereocenters. The first kappa shape index (κ1) is 18.3. The van der Waals surface area contributed by atoms with Gasteiger partial charge in [0.05, 0.1) is 12.6 Å². The molecule has 0 saturated heterocycles. The molecule has 0 bridgehead atoms. The molecule has 136 valence electrons. The first-order valence-corrected chi connectivity index (χ1v) is 9.19. The number of halogens is 1. The summed E-state index contributed by atoms with van der Waals surface area (Å²) in [4.78, 5) is 23.2. The molecule has 0 fully saturated rings. The molecule has 0 radical (unpaired) electrons. The summed E-state index contributed by atoms with van der Waals surface area (Å²) in [5.41, 5.74) is 3.16. The van der Waals surface area contributed by atoms with Crippen LogP contribution in [0, 0.1) is 0 Å². The van der Waals surface area contributed by atoms with Crippen molar-refractivity contribution in [3.05, 3.63) is 27.2 Å². The fraction of sp³-hybridized carbons (Fsp3) is 0.267. The van der Waals surface area contributed by atoms with E-state index < -0.39 is 0 Å². The fourth-order valence-corrected chi connectivity index (χ4v) is 3.15. The van der Waals surface area contributed by atoms with Crippen LogP contribution in [0.15, 0.2) is 21.7 Å². The lowest BCUT2D eigenvalue weighted by molar-refractivity contribution is -0.120. The SMILES string of the molecule is CCC(=O)Nc1nnc(CC(=O)NN=Cc2cc3c(cc2Br)OCO3)s1. The van der Waals surface area contributed by atoms with Gasteiger partial charge in [-0.05, 0) is 28.1 Å². The highest BCUT2D eigenvalue weighted by Crippen LogP contribution is 2.36. The van der Waals surface area contributed by atoms with Crippen molar-refractivity contribution in [1.82, 2.24) is 15.6 Å². The molecule has 1 aliphatic rings. The highest BCUT2D eigenvalue weighted by Gasteiger charge is 2.15. The maximum absolute atomic E-state index is 11.9. The second kappa shape index (κ2) is 8.23. The van der Waals surface area contributed by atoms with E-state index in [9.17, 15) is 9.59 Å². The third-order valence-electron chi connectivity index (χ3n) is 3.23. The Kier molecular flexibility index (Phi) is 5.78. The van der Waals surface area contributed by atoms with Crippen LogP contribution in [0.1, 0.15) is 23.9 Å². The van der Waals surface area contributed by atoms with Crippen molar-refractivity contribution in [1.29, 1.82) is 0 Å². The monoisotopic (exact) mass is 439 g/mol. The van der Waals surface area contributed by atoms with E-state index >= 15 is 0 Å². The van der Waals surface area contributed by atoms with Crippen molar-refractivity contribution in [2.75, 3.05) is 12.1 Å². The predicted octanol–water partition coefficient (Wildman–Crippen LogP) is 2.07. The Hall–Kier alpha value is -2.53. The van der Waals surface area contributed by atoms with E-state index in [2.05, 4.69) is 42.0 Å². The number of fused-ring (bicyclic) bond motifs is 1. The Labute approximate surface area is 160 Å². The quantitative estimate of drug-likeness (QED) is 0.525. The number of anilines is 1. The number of nitrogens with zero attached hydrogens (tertiary/aromatic N) is 3. The average Bonchev–Trinajstić information content (AvgIpc) is 3.23. The number of amides is 2. The van der Waals surface area contributed by atoms with Crippen LogP contribution in [0.4, 0.5) is 5.13 Å². The summed E-state index contributed by atoms with van der Waals surface area (Å²) in [7, 11) is 0. The van der Waals surface area contributed by atoms with Crippen molar-refractivity contribution in [2.45, 2.75) is 19.8 Å². The van der Waals surface area contributed by atoms with Crippen LogP contribution >= 0.6 is 27.3 Å². The van der Waals surface area contributed by atoms with E-state index in [0.717, 1.165) is 21.4 Å². The largest absolute Gasteiger partial charge is 0.454 e. The van der Waals surface area contributed by atoms with Gasteiger partial charge in [-0.1, -0.05) is 18.3 Å². The minimum Gasteiger partial charge on any atom is -0.454 e. The Morgan fingerprint density at radius 1 is 1.31 bits per heavy atom. The van der Waals surface area contributed by atoms with E-state index in [0.29, 0.717) is 28.1 Å². The Bertz CT molecular complexity index is 870. The molecular formula is C15H14BrN5O4S.